The number of pyridine rings is 1. The van der Waals surface area contributed by atoms with Gasteiger partial charge in [-0.05, 0) is 53.9 Å². The number of benzene rings is 2. The van der Waals surface area contributed by atoms with Gasteiger partial charge in [-0.2, -0.15) is 4.83 Å². The summed E-state index contributed by atoms with van der Waals surface area (Å²) in [5.74, 6) is -0.331. The highest BCUT2D eigenvalue weighted by Crippen LogP contribution is 2.37. The summed E-state index contributed by atoms with van der Waals surface area (Å²) in [6, 6.07) is 13.2. The molecule has 31 heavy (non-hydrogen) atoms. The Hall–Kier alpha value is -2.98. The lowest BCUT2D eigenvalue weighted by Crippen LogP contribution is -2.32. The Morgan fingerprint density at radius 2 is 1.87 bits per heavy atom. The maximum absolute atomic E-state index is 13.5. The molecular formula is C22H20FN4O3S-. The van der Waals surface area contributed by atoms with Crippen molar-refractivity contribution in [1.82, 2.24) is 14.8 Å². The van der Waals surface area contributed by atoms with E-state index in [0.29, 0.717) is 5.71 Å². The van der Waals surface area contributed by atoms with Gasteiger partial charge < -0.3 is 9.12 Å². The van der Waals surface area contributed by atoms with Crippen LogP contribution in [0.4, 0.5) is 4.39 Å². The second-order valence-corrected chi connectivity index (χ2v) is 8.00. The van der Waals surface area contributed by atoms with Crippen molar-refractivity contribution in [2.24, 2.45) is 12.0 Å². The van der Waals surface area contributed by atoms with Gasteiger partial charge in [0.1, 0.15) is 5.82 Å². The first-order valence-corrected chi connectivity index (χ1v) is 10.7. The Bertz CT molecular complexity index is 1250. The average Bonchev–Trinajstić information content (AvgIpc) is 2.84. The highest BCUT2D eigenvalue weighted by molar-refractivity contribution is 7.76. The highest BCUT2D eigenvalue weighted by atomic mass is 32.2. The van der Waals surface area contributed by atoms with Crippen LogP contribution in [0.3, 0.4) is 0 Å². The topological polar surface area (TPSA) is 98.5 Å². The quantitative estimate of drug-likeness (QED) is 0.471. The number of hydrogen-bond donors (Lipinski definition) is 2. The van der Waals surface area contributed by atoms with Crippen LogP contribution in [-0.2, 0) is 24.9 Å². The van der Waals surface area contributed by atoms with Crippen molar-refractivity contribution in [2.45, 2.75) is 19.5 Å². The largest absolute Gasteiger partial charge is 0.759 e. The van der Waals surface area contributed by atoms with Crippen molar-refractivity contribution < 1.29 is 13.2 Å². The third kappa shape index (κ3) is 4.40. The van der Waals surface area contributed by atoms with Crippen LogP contribution in [0.15, 0.2) is 64.5 Å². The third-order valence-corrected chi connectivity index (χ3v) is 5.54. The van der Waals surface area contributed by atoms with Crippen LogP contribution in [0, 0.1) is 5.82 Å². The molecule has 0 amide bonds. The zero-order valence-corrected chi connectivity index (χ0v) is 17.7. The van der Waals surface area contributed by atoms with Gasteiger partial charge in [0.05, 0.1) is 11.8 Å². The van der Waals surface area contributed by atoms with Gasteiger partial charge in [0.15, 0.2) is 0 Å². The monoisotopic (exact) mass is 439 g/mol. The predicted octanol–water partition coefficient (Wildman–Crippen LogP) is 2.49. The molecule has 160 valence electrons. The lowest BCUT2D eigenvalue weighted by Gasteiger charge is -2.15. The van der Waals surface area contributed by atoms with Gasteiger partial charge in [0.2, 0.25) is 0 Å². The zero-order chi connectivity index (χ0) is 22.1. The number of aromatic nitrogens is 1. The average molecular weight is 439 g/mol. The van der Waals surface area contributed by atoms with Crippen LogP contribution in [0.1, 0.15) is 35.2 Å². The Morgan fingerprint density at radius 3 is 2.58 bits per heavy atom. The van der Waals surface area contributed by atoms with E-state index in [9.17, 15) is 17.9 Å². The molecule has 1 aliphatic rings. The van der Waals surface area contributed by atoms with E-state index in [1.807, 2.05) is 25.1 Å². The van der Waals surface area contributed by atoms with Gasteiger partial charge in [-0.3, -0.25) is 14.0 Å². The molecule has 1 unspecified atom stereocenters. The van der Waals surface area contributed by atoms with E-state index in [1.165, 1.54) is 16.7 Å². The fourth-order valence-electron chi connectivity index (χ4n) is 3.71. The fraction of sp³-hybridized carbons (Fsp3) is 0.182. The summed E-state index contributed by atoms with van der Waals surface area (Å²) >= 11 is -2.42. The first-order valence-electron chi connectivity index (χ1n) is 9.59. The minimum atomic E-state index is -2.42. The Labute approximate surface area is 181 Å². The van der Waals surface area contributed by atoms with Gasteiger partial charge >= 0.3 is 0 Å². The van der Waals surface area contributed by atoms with Crippen molar-refractivity contribution in [1.29, 1.82) is 0 Å². The van der Waals surface area contributed by atoms with Crippen molar-refractivity contribution in [3.63, 3.8) is 0 Å². The number of rotatable bonds is 5. The van der Waals surface area contributed by atoms with E-state index in [4.69, 9.17) is 4.99 Å². The summed E-state index contributed by atoms with van der Waals surface area (Å²) in [5.41, 5.74) is 8.18. The number of fused-ring (bicyclic) bond motifs is 3. The maximum Gasteiger partial charge on any atom is 0.250 e. The smallest absolute Gasteiger partial charge is 0.250 e. The van der Waals surface area contributed by atoms with E-state index in [1.54, 1.807) is 31.4 Å². The highest BCUT2D eigenvalue weighted by Gasteiger charge is 2.24. The van der Waals surface area contributed by atoms with Gasteiger partial charge in [-0.15, -0.1) is 0 Å². The van der Waals surface area contributed by atoms with E-state index < -0.39 is 11.3 Å². The minimum absolute atomic E-state index is 0.132. The van der Waals surface area contributed by atoms with Crippen molar-refractivity contribution in [3.05, 3.63) is 93.2 Å². The normalized spacial score (nSPS) is 16.1. The minimum Gasteiger partial charge on any atom is -0.759 e. The maximum atomic E-state index is 13.5. The molecule has 0 spiro atoms. The van der Waals surface area contributed by atoms with Crippen molar-refractivity contribution in [2.75, 3.05) is 0 Å². The van der Waals surface area contributed by atoms with Crippen LogP contribution in [0.2, 0.25) is 0 Å². The Morgan fingerprint density at radius 1 is 1.13 bits per heavy atom. The lowest BCUT2D eigenvalue weighted by molar-refractivity contribution is 0.503. The predicted molar refractivity (Wildman–Crippen MR) is 116 cm³/mol. The van der Waals surface area contributed by atoms with Crippen LogP contribution in [0.5, 0.6) is 0 Å². The standard InChI is InChI=1S/C22H21FN4O3S/c1-13-18-10-21(28)27(2)12-20(18)19-9-14(11-24-26-31(29)30)3-8-17(19)22(25-13)15-4-6-16(23)7-5-15/h3-10,12-13,24,26H,11H2,1-2H3,(H,29,30)/p-1/t13-/m0/s1. The second kappa shape index (κ2) is 8.64. The second-order valence-electron chi connectivity index (χ2n) is 7.32. The SMILES string of the molecule is C[C@@H]1N=C(c2ccc(F)cc2)c2ccc(CNNS(=O)[O-])cc2-c2cn(C)c(=O)cc21. The molecule has 2 N–H and O–H groups in total. The van der Waals surface area contributed by atoms with Crippen molar-refractivity contribution in [3.8, 4) is 11.1 Å². The first-order chi connectivity index (χ1) is 14.8. The molecule has 9 heteroatoms. The molecule has 7 nitrogen and oxygen atoms in total. The van der Waals surface area contributed by atoms with Gasteiger partial charge in [-0.1, -0.05) is 12.1 Å². The molecule has 1 aromatic heterocycles. The van der Waals surface area contributed by atoms with E-state index >= 15 is 0 Å². The van der Waals surface area contributed by atoms with Crippen LogP contribution in [-0.4, -0.2) is 19.0 Å². The molecule has 0 radical (unpaired) electrons. The summed E-state index contributed by atoms with van der Waals surface area (Å²) in [5, 5.41) is 0. The number of nitrogens with zero attached hydrogens (tertiary/aromatic N) is 2. The first kappa shape index (κ1) is 21.3. The molecular weight excluding hydrogens is 419 g/mol. The molecule has 0 fully saturated rings. The number of hydrogen-bond acceptors (Lipinski definition) is 5. The number of hydrazine groups is 1. The summed E-state index contributed by atoms with van der Waals surface area (Å²) in [6.07, 6.45) is 1.79. The van der Waals surface area contributed by atoms with Gasteiger partial charge in [-0.25, -0.2) is 9.82 Å². The number of aryl methyl sites for hydroxylation is 1. The van der Waals surface area contributed by atoms with E-state index in [0.717, 1.165) is 33.4 Å². The van der Waals surface area contributed by atoms with E-state index in [2.05, 4.69) is 10.3 Å². The number of aliphatic imine (C=N–C) groups is 1. The summed E-state index contributed by atoms with van der Waals surface area (Å²) < 4.78 is 36.4. The van der Waals surface area contributed by atoms with Crippen LogP contribution >= 0.6 is 0 Å². The molecule has 2 atom stereocenters. The fourth-order valence-corrected chi connectivity index (χ4v) is 3.90. The van der Waals surface area contributed by atoms with Gasteiger partial charge in [0, 0.05) is 53.8 Å². The molecule has 3 aromatic rings. The Kier molecular flexibility index (Phi) is 5.92. The Balaban J connectivity index is 1.90. The van der Waals surface area contributed by atoms with E-state index in [-0.39, 0.29) is 24.0 Å². The summed E-state index contributed by atoms with van der Waals surface area (Å²) in [6.45, 7) is 2.19. The molecule has 0 aliphatic carbocycles. The molecule has 4 rings (SSSR count). The molecule has 0 saturated carbocycles. The van der Waals surface area contributed by atoms with Crippen LogP contribution < -0.4 is 15.8 Å². The third-order valence-electron chi connectivity index (χ3n) is 5.23. The summed E-state index contributed by atoms with van der Waals surface area (Å²) in [7, 11) is 1.69. The van der Waals surface area contributed by atoms with Crippen molar-refractivity contribution >= 4 is 17.0 Å². The lowest BCUT2D eigenvalue weighted by atomic mass is 9.91. The molecule has 2 heterocycles. The molecule has 2 aromatic carbocycles. The number of nitrogens with one attached hydrogen (secondary N) is 2. The molecule has 0 saturated heterocycles. The number of halogens is 1. The zero-order valence-electron chi connectivity index (χ0n) is 16.9. The molecule has 1 aliphatic heterocycles. The van der Waals surface area contributed by atoms with Gasteiger partial charge in [0.25, 0.3) is 5.56 Å². The summed E-state index contributed by atoms with van der Waals surface area (Å²) in [4.78, 5) is 19.3. The molecule has 0 bridgehead atoms. The van der Waals surface area contributed by atoms with Crippen LogP contribution in [0.25, 0.3) is 11.1 Å².